The second-order valence-electron chi connectivity index (χ2n) is 6.31. The van der Waals surface area contributed by atoms with Crippen LogP contribution >= 0.6 is 0 Å². The molecule has 1 fully saturated rings. The molecule has 1 saturated heterocycles. The summed E-state index contributed by atoms with van der Waals surface area (Å²) >= 11 is 0. The summed E-state index contributed by atoms with van der Waals surface area (Å²) in [5, 5.41) is 21.4. The van der Waals surface area contributed by atoms with E-state index in [1.807, 2.05) is 30.3 Å². The highest BCUT2D eigenvalue weighted by Crippen LogP contribution is 2.21. The summed E-state index contributed by atoms with van der Waals surface area (Å²) in [6.07, 6.45) is 1.39. The fourth-order valence-electron chi connectivity index (χ4n) is 2.99. The third-order valence-electron chi connectivity index (χ3n) is 4.49. The Kier molecular flexibility index (Phi) is 5.44. The number of amides is 1. The lowest BCUT2D eigenvalue weighted by molar-refractivity contribution is 0.0793. The van der Waals surface area contributed by atoms with Gasteiger partial charge in [0, 0.05) is 30.9 Å². The van der Waals surface area contributed by atoms with Crippen LogP contribution in [0.2, 0.25) is 0 Å². The Bertz CT molecular complexity index is 772. The van der Waals surface area contributed by atoms with Crippen molar-refractivity contribution in [3.05, 3.63) is 65.2 Å². The molecule has 2 aromatic carbocycles. The van der Waals surface area contributed by atoms with E-state index in [1.165, 1.54) is 0 Å². The van der Waals surface area contributed by atoms with Crippen LogP contribution in [0, 0.1) is 11.3 Å². The number of carbonyl (C=O) groups excluding carboxylic acids is 1. The number of hydrogen-bond acceptors (Lipinski definition) is 4. The molecule has 1 aliphatic heterocycles. The zero-order valence-corrected chi connectivity index (χ0v) is 14.0. The van der Waals surface area contributed by atoms with Crippen LogP contribution in [0.3, 0.4) is 0 Å². The third kappa shape index (κ3) is 4.44. The van der Waals surface area contributed by atoms with E-state index in [4.69, 9.17) is 5.26 Å². The van der Waals surface area contributed by atoms with Gasteiger partial charge in [0.1, 0.15) is 0 Å². The van der Waals surface area contributed by atoms with E-state index in [0.29, 0.717) is 11.1 Å². The first-order valence-corrected chi connectivity index (χ1v) is 8.45. The molecule has 0 aliphatic carbocycles. The molecule has 0 aromatic heterocycles. The van der Waals surface area contributed by atoms with Gasteiger partial charge in [-0.15, -0.1) is 0 Å². The van der Waals surface area contributed by atoms with Crippen LogP contribution in [0.1, 0.15) is 34.3 Å². The van der Waals surface area contributed by atoms with Crippen LogP contribution in [-0.2, 0) is 6.54 Å². The molecule has 0 bridgehead atoms. The molecule has 5 nitrogen and oxygen atoms in total. The molecule has 1 amide bonds. The summed E-state index contributed by atoms with van der Waals surface area (Å²) in [4.78, 5) is 14.8. The lowest BCUT2D eigenvalue weighted by Gasteiger charge is -2.30. The maximum absolute atomic E-state index is 12.5. The summed E-state index contributed by atoms with van der Waals surface area (Å²) in [7, 11) is 0. The first kappa shape index (κ1) is 17.2. The molecular formula is C20H21N3O2. The van der Waals surface area contributed by atoms with Crippen molar-refractivity contribution in [2.75, 3.05) is 18.4 Å². The number of likely N-dealkylation sites (tertiary alicyclic amines) is 1. The highest BCUT2D eigenvalue weighted by Gasteiger charge is 2.18. The van der Waals surface area contributed by atoms with Gasteiger partial charge in [-0.05, 0) is 48.7 Å². The van der Waals surface area contributed by atoms with Crippen molar-refractivity contribution in [1.29, 1.82) is 5.26 Å². The predicted octanol–water partition coefficient (Wildman–Crippen LogP) is 2.77. The molecule has 3 rings (SSSR count). The van der Waals surface area contributed by atoms with Crippen molar-refractivity contribution < 1.29 is 9.90 Å². The molecule has 5 heteroatoms. The molecule has 0 saturated carbocycles. The van der Waals surface area contributed by atoms with Gasteiger partial charge in [0.15, 0.2) is 0 Å². The lowest BCUT2D eigenvalue weighted by Crippen LogP contribution is -2.35. The molecule has 0 unspecified atom stereocenters. The summed E-state index contributed by atoms with van der Waals surface area (Å²) < 4.78 is 0. The number of anilines is 1. The van der Waals surface area contributed by atoms with Crippen LogP contribution in [0.4, 0.5) is 5.69 Å². The molecule has 0 atom stereocenters. The van der Waals surface area contributed by atoms with Crippen molar-refractivity contribution in [1.82, 2.24) is 4.90 Å². The average Bonchev–Trinajstić information content (AvgIpc) is 2.65. The average molecular weight is 335 g/mol. The number of carbonyl (C=O) groups is 1. The van der Waals surface area contributed by atoms with Gasteiger partial charge in [0.05, 0.1) is 17.7 Å². The highest BCUT2D eigenvalue weighted by molar-refractivity contribution is 6.04. The fraction of sp³-hybridized carbons (Fsp3) is 0.300. The Labute approximate surface area is 147 Å². The summed E-state index contributed by atoms with van der Waals surface area (Å²) in [6.45, 7) is 2.47. The number of nitrogens with one attached hydrogen (secondary N) is 1. The number of nitriles is 1. The number of benzene rings is 2. The Hall–Kier alpha value is -2.68. The molecule has 2 N–H and O–H groups in total. The van der Waals surface area contributed by atoms with Gasteiger partial charge in [0.2, 0.25) is 0 Å². The number of nitrogens with zero attached hydrogens (tertiary/aromatic N) is 2. The molecule has 128 valence electrons. The maximum Gasteiger partial charge on any atom is 0.255 e. The second-order valence-corrected chi connectivity index (χ2v) is 6.31. The Morgan fingerprint density at radius 1 is 1.16 bits per heavy atom. The molecule has 1 heterocycles. The second kappa shape index (κ2) is 7.93. The minimum Gasteiger partial charge on any atom is -0.393 e. The normalized spacial score (nSPS) is 15.5. The van der Waals surface area contributed by atoms with E-state index in [-0.39, 0.29) is 12.0 Å². The maximum atomic E-state index is 12.5. The van der Waals surface area contributed by atoms with Gasteiger partial charge < -0.3 is 10.4 Å². The van der Waals surface area contributed by atoms with Crippen LogP contribution in [-0.4, -0.2) is 35.1 Å². The fourth-order valence-corrected chi connectivity index (χ4v) is 2.99. The van der Waals surface area contributed by atoms with Crippen molar-refractivity contribution in [2.24, 2.45) is 0 Å². The number of piperidine rings is 1. The van der Waals surface area contributed by atoms with Crippen LogP contribution in [0.25, 0.3) is 0 Å². The van der Waals surface area contributed by atoms with E-state index >= 15 is 0 Å². The zero-order valence-electron chi connectivity index (χ0n) is 14.0. The molecule has 0 spiro atoms. The van der Waals surface area contributed by atoms with Gasteiger partial charge in [0.25, 0.3) is 5.91 Å². The highest BCUT2D eigenvalue weighted by atomic mass is 16.3. The number of rotatable bonds is 4. The number of aliphatic hydroxyl groups is 1. The summed E-state index contributed by atoms with van der Waals surface area (Å²) in [5.74, 6) is -0.189. The molecule has 1 aliphatic rings. The SMILES string of the molecule is N#Cc1ccc(C(=O)Nc2ccccc2CN2CCC(O)CC2)cc1. The molecule has 2 aromatic rings. The smallest absolute Gasteiger partial charge is 0.255 e. The standard InChI is InChI=1S/C20H21N3O2/c21-13-15-5-7-16(8-6-15)20(25)22-19-4-2-1-3-17(19)14-23-11-9-18(24)10-12-23/h1-8,18,24H,9-12,14H2,(H,22,25). The van der Waals surface area contributed by atoms with E-state index in [1.54, 1.807) is 24.3 Å². The Morgan fingerprint density at radius 2 is 1.84 bits per heavy atom. The van der Waals surface area contributed by atoms with Crippen LogP contribution in [0.15, 0.2) is 48.5 Å². The van der Waals surface area contributed by atoms with Gasteiger partial charge in [-0.3, -0.25) is 9.69 Å². The topological polar surface area (TPSA) is 76.4 Å². The first-order chi connectivity index (χ1) is 12.2. The van der Waals surface area contributed by atoms with E-state index < -0.39 is 0 Å². The first-order valence-electron chi connectivity index (χ1n) is 8.45. The zero-order chi connectivity index (χ0) is 17.6. The third-order valence-corrected chi connectivity index (χ3v) is 4.49. The number of para-hydroxylation sites is 1. The molecule has 0 radical (unpaired) electrons. The number of aliphatic hydroxyl groups excluding tert-OH is 1. The van der Waals surface area contributed by atoms with E-state index in [0.717, 1.165) is 43.7 Å². The largest absolute Gasteiger partial charge is 0.393 e. The molecular weight excluding hydrogens is 314 g/mol. The van der Waals surface area contributed by atoms with Crippen molar-refractivity contribution in [2.45, 2.75) is 25.5 Å². The van der Waals surface area contributed by atoms with E-state index in [9.17, 15) is 9.90 Å². The predicted molar refractivity (Wildman–Crippen MR) is 96.1 cm³/mol. The van der Waals surface area contributed by atoms with Crippen LogP contribution < -0.4 is 5.32 Å². The van der Waals surface area contributed by atoms with E-state index in [2.05, 4.69) is 10.2 Å². The van der Waals surface area contributed by atoms with Gasteiger partial charge in [-0.2, -0.15) is 5.26 Å². The van der Waals surface area contributed by atoms with Gasteiger partial charge in [-0.25, -0.2) is 0 Å². The lowest BCUT2D eigenvalue weighted by atomic mass is 10.1. The van der Waals surface area contributed by atoms with Crippen molar-refractivity contribution in [3.63, 3.8) is 0 Å². The van der Waals surface area contributed by atoms with Crippen molar-refractivity contribution >= 4 is 11.6 Å². The number of hydrogen-bond donors (Lipinski definition) is 2. The molecule has 25 heavy (non-hydrogen) atoms. The monoisotopic (exact) mass is 335 g/mol. The summed E-state index contributed by atoms with van der Waals surface area (Å²) in [6, 6.07) is 16.4. The van der Waals surface area contributed by atoms with Crippen molar-refractivity contribution in [3.8, 4) is 6.07 Å². The Balaban J connectivity index is 1.69. The minimum absolute atomic E-state index is 0.189. The summed E-state index contributed by atoms with van der Waals surface area (Å²) in [5.41, 5.74) is 2.91. The van der Waals surface area contributed by atoms with Crippen LogP contribution in [0.5, 0.6) is 0 Å². The minimum atomic E-state index is -0.192. The van der Waals surface area contributed by atoms with Gasteiger partial charge in [-0.1, -0.05) is 18.2 Å². The quantitative estimate of drug-likeness (QED) is 0.901. The van der Waals surface area contributed by atoms with Gasteiger partial charge >= 0.3 is 0 Å². The Morgan fingerprint density at radius 3 is 2.52 bits per heavy atom.